The van der Waals surface area contributed by atoms with E-state index in [4.69, 9.17) is 23.2 Å². The van der Waals surface area contributed by atoms with Gasteiger partial charge in [0.25, 0.3) is 0 Å². The highest BCUT2D eigenvalue weighted by molar-refractivity contribution is 6.35. The van der Waals surface area contributed by atoms with E-state index >= 15 is 0 Å². The first kappa shape index (κ1) is 14.1. The summed E-state index contributed by atoms with van der Waals surface area (Å²) in [6.45, 7) is 6.91. The van der Waals surface area contributed by atoms with Crippen molar-refractivity contribution in [2.75, 3.05) is 19.6 Å². The first-order valence-electron chi connectivity index (χ1n) is 6.81. The maximum Gasteiger partial charge on any atom is 0.137 e. The molecule has 18 heavy (non-hydrogen) atoms. The normalized spacial score (nSPS) is 23.5. The topological polar surface area (TPSA) is 21.1 Å². The third kappa shape index (κ3) is 3.39. The molecule has 0 radical (unpaired) electrons. The monoisotopic (exact) mass is 288 g/mol. The summed E-state index contributed by atoms with van der Waals surface area (Å²) in [6, 6.07) is 6.52. The summed E-state index contributed by atoms with van der Waals surface area (Å²) in [5, 5.41) is 3.91. The number of quaternary nitrogens is 2. The first-order chi connectivity index (χ1) is 8.72. The second-order valence-corrected chi connectivity index (χ2v) is 5.84. The second kappa shape index (κ2) is 6.76. The molecule has 0 aliphatic carbocycles. The van der Waals surface area contributed by atoms with Crippen molar-refractivity contribution in [3.8, 4) is 0 Å². The van der Waals surface area contributed by atoms with E-state index in [1.807, 2.05) is 18.2 Å². The minimum atomic E-state index is 0.782. The maximum atomic E-state index is 6.17. The van der Waals surface area contributed by atoms with Crippen LogP contribution in [0.5, 0.6) is 0 Å². The van der Waals surface area contributed by atoms with Crippen molar-refractivity contribution in [2.24, 2.45) is 0 Å². The van der Waals surface area contributed by atoms with E-state index in [0.29, 0.717) is 0 Å². The number of rotatable bonds is 5. The molecule has 0 bridgehead atoms. The molecular formula is C14H22Cl2N2+2. The number of benzene rings is 1. The summed E-state index contributed by atoms with van der Waals surface area (Å²) in [7, 11) is 0. The second-order valence-electron chi connectivity index (χ2n) is 5.03. The van der Waals surface area contributed by atoms with Crippen molar-refractivity contribution in [1.29, 1.82) is 0 Å². The van der Waals surface area contributed by atoms with Gasteiger partial charge in [-0.2, -0.15) is 0 Å². The van der Waals surface area contributed by atoms with Crippen molar-refractivity contribution >= 4 is 23.2 Å². The fourth-order valence-corrected chi connectivity index (χ4v) is 3.44. The molecule has 1 aliphatic rings. The third-order valence-corrected chi connectivity index (χ3v) is 4.65. The van der Waals surface area contributed by atoms with Gasteiger partial charge in [0.05, 0.1) is 23.1 Å². The van der Waals surface area contributed by atoms with Gasteiger partial charge in [0.15, 0.2) is 0 Å². The number of hydrogen-bond acceptors (Lipinski definition) is 0. The van der Waals surface area contributed by atoms with Crippen LogP contribution >= 0.6 is 23.2 Å². The molecule has 2 rings (SSSR count). The number of hydrogen-bond donors (Lipinski definition) is 2. The summed E-state index contributed by atoms with van der Waals surface area (Å²) < 4.78 is 0. The van der Waals surface area contributed by atoms with Crippen molar-refractivity contribution in [2.45, 2.75) is 32.4 Å². The van der Waals surface area contributed by atoms with E-state index in [1.165, 1.54) is 32.5 Å². The maximum absolute atomic E-state index is 6.17. The van der Waals surface area contributed by atoms with E-state index < -0.39 is 0 Å². The van der Waals surface area contributed by atoms with Crippen LogP contribution in [0.3, 0.4) is 0 Å². The fourth-order valence-electron chi connectivity index (χ4n) is 2.89. The van der Waals surface area contributed by atoms with Gasteiger partial charge in [-0.25, -0.2) is 0 Å². The van der Waals surface area contributed by atoms with E-state index in [0.717, 1.165) is 28.2 Å². The van der Waals surface area contributed by atoms with Crippen molar-refractivity contribution in [1.82, 2.24) is 0 Å². The lowest BCUT2D eigenvalue weighted by molar-refractivity contribution is -0.925. The highest BCUT2D eigenvalue weighted by Gasteiger charge is 2.28. The van der Waals surface area contributed by atoms with Crippen LogP contribution in [-0.2, 0) is 6.54 Å². The molecule has 4 heteroatoms. The average Bonchev–Trinajstić information content (AvgIpc) is 2.80. The van der Waals surface area contributed by atoms with E-state index in [-0.39, 0.29) is 0 Å². The predicted octanol–water partition coefficient (Wildman–Crippen LogP) is 1.12. The van der Waals surface area contributed by atoms with Gasteiger partial charge in [0.2, 0.25) is 0 Å². The third-order valence-electron chi connectivity index (χ3n) is 3.94. The van der Waals surface area contributed by atoms with Crippen molar-refractivity contribution in [3.05, 3.63) is 33.8 Å². The molecule has 1 saturated heterocycles. The Labute approximate surface area is 119 Å². The molecule has 1 aliphatic heterocycles. The van der Waals surface area contributed by atoms with Gasteiger partial charge < -0.3 is 10.2 Å². The molecule has 0 amide bonds. The van der Waals surface area contributed by atoms with Gasteiger partial charge in [-0.05, 0) is 19.1 Å². The predicted molar refractivity (Wildman–Crippen MR) is 76.4 cm³/mol. The molecule has 1 unspecified atom stereocenters. The Hall–Kier alpha value is -0.280. The average molecular weight is 289 g/mol. The molecule has 1 aromatic rings. The lowest BCUT2D eigenvalue weighted by Crippen LogP contribution is -3.16. The molecule has 0 aromatic heterocycles. The Balaban J connectivity index is 1.85. The van der Waals surface area contributed by atoms with Gasteiger partial charge in [0.1, 0.15) is 19.1 Å². The van der Waals surface area contributed by atoms with Crippen LogP contribution in [0.2, 0.25) is 10.0 Å². The lowest BCUT2D eigenvalue weighted by Gasteiger charge is -2.18. The van der Waals surface area contributed by atoms with Crippen LogP contribution < -0.4 is 10.2 Å². The Bertz CT molecular complexity index is 375. The summed E-state index contributed by atoms with van der Waals surface area (Å²) in [6.07, 6.45) is 2.73. The minimum Gasteiger partial charge on any atom is -0.337 e. The zero-order valence-corrected chi connectivity index (χ0v) is 12.4. The minimum absolute atomic E-state index is 0.782. The van der Waals surface area contributed by atoms with Crippen LogP contribution in [0, 0.1) is 0 Å². The van der Waals surface area contributed by atoms with Gasteiger partial charge in [-0.3, -0.25) is 0 Å². The summed E-state index contributed by atoms with van der Waals surface area (Å²) in [4.78, 5) is 1.75. The highest BCUT2D eigenvalue weighted by Crippen LogP contribution is 2.22. The molecule has 2 nitrogen and oxygen atoms in total. The molecule has 3 N–H and O–H groups in total. The number of likely N-dealkylation sites (tertiary alicyclic amines) is 1. The highest BCUT2D eigenvalue weighted by atomic mass is 35.5. The van der Waals surface area contributed by atoms with E-state index in [9.17, 15) is 0 Å². The van der Waals surface area contributed by atoms with E-state index in [2.05, 4.69) is 12.2 Å². The number of likely N-dealkylation sites (N-methyl/N-ethyl adjacent to an activating group) is 1. The van der Waals surface area contributed by atoms with Crippen LogP contribution in [0.4, 0.5) is 0 Å². The number of nitrogens with one attached hydrogen (secondary N) is 1. The molecule has 1 heterocycles. The largest absolute Gasteiger partial charge is 0.337 e. The molecule has 100 valence electrons. The van der Waals surface area contributed by atoms with Gasteiger partial charge in [-0.1, -0.05) is 29.3 Å². The SMILES string of the molecule is CC[NH+]1CCC[C@@H]1C[NH2+]Cc1c(Cl)cccc1Cl. The first-order valence-corrected chi connectivity index (χ1v) is 7.57. The molecule has 0 saturated carbocycles. The Morgan fingerprint density at radius 1 is 1.33 bits per heavy atom. The number of nitrogens with two attached hydrogens (primary N) is 1. The zero-order chi connectivity index (χ0) is 13.0. The molecule has 0 spiro atoms. The van der Waals surface area contributed by atoms with Gasteiger partial charge in [0, 0.05) is 18.4 Å². The van der Waals surface area contributed by atoms with Crippen molar-refractivity contribution < 1.29 is 10.2 Å². The number of halogens is 2. The van der Waals surface area contributed by atoms with Crippen LogP contribution in [0.1, 0.15) is 25.3 Å². The zero-order valence-electron chi connectivity index (χ0n) is 10.9. The fraction of sp³-hybridized carbons (Fsp3) is 0.571. The molecule has 1 aromatic carbocycles. The Kier molecular flexibility index (Phi) is 5.31. The lowest BCUT2D eigenvalue weighted by atomic mass is 10.2. The Morgan fingerprint density at radius 2 is 2.06 bits per heavy atom. The van der Waals surface area contributed by atoms with E-state index in [1.54, 1.807) is 4.90 Å². The Morgan fingerprint density at radius 3 is 2.72 bits per heavy atom. The quantitative estimate of drug-likeness (QED) is 0.811. The molecule has 1 fully saturated rings. The van der Waals surface area contributed by atoms with Crippen molar-refractivity contribution in [3.63, 3.8) is 0 Å². The molecular weight excluding hydrogens is 267 g/mol. The van der Waals surface area contributed by atoms with Crippen LogP contribution in [0.25, 0.3) is 0 Å². The summed E-state index contributed by atoms with van der Waals surface area (Å²) >= 11 is 12.3. The standard InChI is InChI=1S/C14H20Cl2N2/c1-2-18-8-4-5-11(18)9-17-10-12-13(15)6-3-7-14(12)16/h3,6-7,11,17H,2,4-5,8-10H2,1H3/p+2/t11-/m1/s1. The van der Waals surface area contributed by atoms with Crippen LogP contribution in [-0.4, -0.2) is 25.7 Å². The summed E-state index contributed by atoms with van der Waals surface area (Å²) in [5.41, 5.74) is 1.07. The molecule has 2 atom stereocenters. The van der Waals surface area contributed by atoms with Crippen LogP contribution in [0.15, 0.2) is 18.2 Å². The smallest absolute Gasteiger partial charge is 0.137 e. The van der Waals surface area contributed by atoms with Gasteiger partial charge >= 0.3 is 0 Å². The van der Waals surface area contributed by atoms with Gasteiger partial charge in [-0.15, -0.1) is 0 Å². The summed E-state index contributed by atoms with van der Waals surface area (Å²) in [5.74, 6) is 0.